The van der Waals surface area contributed by atoms with E-state index in [1.54, 1.807) is 43.3 Å². The van der Waals surface area contributed by atoms with Crippen LogP contribution in [0.2, 0.25) is 0 Å². The summed E-state index contributed by atoms with van der Waals surface area (Å²) in [6.45, 7) is 1.97. The summed E-state index contributed by atoms with van der Waals surface area (Å²) in [5.41, 5.74) is 3.27. The van der Waals surface area contributed by atoms with Gasteiger partial charge in [-0.3, -0.25) is 29.8 Å². The summed E-state index contributed by atoms with van der Waals surface area (Å²) in [4.78, 5) is 46.4. The van der Waals surface area contributed by atoms with Crippen LogP contribution in [0.15, 0.2) is 96.1 Å². The molecule has 2 N–H and O–H groups in total. The number of para-hydroxylation sites is 1. The van der Waals surface area contributed by atoms with Gasteiger partial charge in [0, 0.05) is 6.07 Å². The zero-order valence-corrected chi connectivity index (χ0v) is 22.8. The third-order valence-corrected chi connectivity index (χ3v) is 5.87. The monoisotopic (exact) mass is 583 g/mol. The number of carbonyl (C=O) groups is 2. The Morgan fingerprint density at radius 1 is 0.860 bits per heavy atom. The van der Waals surface area contributed by atoms with Crippen molar-refractivity contribution >= 4 is 35.1 Å². The van der Waals surface area contributed by atoms with Crippen molar-refractivity contribution in [1.29, 1.82) is 0 Å². The molecule has 0 radical (unpaired) electrons. The molecule has 4 aromatic rings. The van der Waals surface area contributed by atoms with Gasteiger partial charge in [-0.25, -0.2) is 5.43 Å². The smallest absolute Gasteiger partial charge is 0.318 e. The minimum Gasteiger partial charge on any atom is -0.490 e. The largest absolute Gasteiger partial charge is 0.490 e. The lowest BCUT2D eigenvalue weighted by Gasteiger charge is -2.12. The SMILES string of the molecule is CCOc1cc(/C=N/NC(=O)c2ccccc2NC(=O)Cc2ccccc2)ccc1Oc1ccc([N+](=O)[O-])cc1[N+](=O)[O-]. The maximum absolute atomic E-state index is 12.9. The van der Waals surface area contributed by atoms with E-state index >= 15 is 0 Å². The number of nitro groups is 2. The summed E-state index contributed by atoms with van der Waals surface area (Å²) in [5, 5.41) is 29.2. The summed E-state index contributed by atoms with van der Waals surface area (Å²) in [5.74, 6) is -0.695. The van der Waals surface area contributed by atoms with Gasteiger partial charge in [0.2, 0.25) is 11.7 Å². The van der Waals surface area contributed by atoms with Crippen LogP contribution in [0.25, 0.3) is 0 Å². The third kappa shape index (κ3) is 7.98. The van der Waals surface area contributed by atoms with Crippen LogP contribution in [0.1, 0.15) is 28.4 Å². The van der Waals surface area contributed by atoms with Crippen molar-refractivity contribution in [1.82, 2.24) is 5.43 Å². The highest BCUT2D eigenvalue weighted by molar-refractivity contribution is 6.04. The molecule has 0 saturated carbocycles. The minimum absolute atomic E-state index is 0.125. The molecule has 0 saturated heterocycles. The predicted octanol–water partition coefficient (Wildman–Crippen LogP) is 5.64. The van der Waals surface area contributed by atoms with Gasteiger partial charge in [-0.2, -0.15) is 5.10 Å². The van der Waals surface area contributed by atoms with Gasteiger partial charge in [0.25, 0.3) is 11.6 Å². The van der Waals surface area contributed by atoms with Crippen LogP contribution < -0.4 is 20.2 Å². The standard InChI is InChI=1S/C30H25N5O8/c1-2-42-28-16-21(12-14-27(28)43-26-15-13-22(34(38)39)18-25(26)35(40)41)19-31-33-30(37)23-10-6-7-11-24(23)32-29(36)17-20-8-4-3-5-9-20/h3-16,18-19H,2,17H2,1H3,(H,32,36)(H,33,37)/b31-19+. The lowest BCUT2D eigenvalue weighted by atomic mass is 10.1. The Balaban J connectivity index is 1.46. The van der Waals surface area contributed by atoms with Crippen LogP contribution in [0.3, 0.4) is 0 Å². The first-order chi connectivity index (χ1) is 20.7. The molecule has 0 fully saturated rings. The number of benzene rings is 4. The molecule has 0 aliphatic heterocycles. The van der Waals surface area contributed by atoms with Crippen LogP contribution in [-0.4, -0.2) is 34.5 Å². The van der Waals surface area contributed by atoms with Gasteiger partial charge in [0.1, 0.15) is 0 Å². The van der Waals surface area contributed by atoms with Crippen molar-refractivity contribution in [2.45, 2.75) is 13.3 Å². The molecule has 4 aromatic carbocycles. The zero-order valence-electron chi connectivity index (χ0n) is 22.8. The maximum Gasteiger partial charge on any atom is 0.318 e. The van der Waals surface area contributed by atoms with Gasteiger partial charge in [0.15, 0.2) is 11.5 Å². The Kier molecular flexibility index (Phi) is 9.71. The van der Waals surface area contributed by atoms with Gasteiger partial charge < -0.3 is 14.8 Å². The molecule has 0 aliphatic rings. The summed E-state index contributed by atoms with van der Waals surface area (Å²) in [6.07, 6.45) is 1.50. The lowest BCUT2D eigenvalue weighted by molar-refractivity contribution is -0.394. The first kappa shape index (κ1) is 29.9. The third-order valence-electron chi connectivity index (χ3n) is 5.87. The van der Waals surface area contributed by atoms with E-state index in [9.17, 15) is 29.8 Å². The number of nitro benzene ring substituents is 2. The van der Waals surface area contributed by atoms with E-state index in [0.29, 0.717) is 11.3 Å². The number of hydrazone groups is 1. The summed E-state index contributed by atoms with van der Waals surface area (Å²) in [7, 11) is 0. The summed E-state index contributed by atoms with van der Waals surface area (Å²) >= 11 is 0. The van der Waals surface area contributed by atoms with Gasteiger partial charge in [-0.05, 0) is 54.4 Å². The molecule has 43 heavy (non-hydrogen) atoms. The van der Waals surface area contributed by atoms with E-state index in [0.717, 1.165) is 23.8 Å². The number of rotatable bonds is 12. The van der Waals surface area contributed by atoms with Crippen molar-refractivity contribution < 1.29 is 28.9 Å². The van der Waals surface area contributed by atoms with E-state index in [4.69, 9.17) is 9.47 Å². The van der Waals surface area contributed by atoms with Crippen LogP contribution in [-0.2, 0) is 11.2 Å². The van der Waals surface area contributed by atoms with Gasteiger partial charge >= 0.3 is 5.69 Å². The van der Waals surface area contributed by atoms with Crippen LogP contribution in [0, 0.1) is 20.2 Å². The normalized spacial score (nSPS) is 10.6. The minimum atomic E-state index is -0.779. The van der Waals surface area contributed by atoms with Crippen molar-refractivity contribution in [3.8, 4) is 17.2 Å². The van der Waals surface area contributed by atoms with Crippen LogP contribution in [0.5, 0.6) is 17.2 Å². The Morgan fingerprint density at radius 2 is 1.58 bits per heavy atom. The Bertz CT molecular complexity index is 1690. The molecule has 0 unspecified atom stereocenters. The fraction of sp³-hybridized carbons (Fsp3) is 0.100. The molecule has 0 spiro atoms. The summed E-state index contributed by atoms with van der Waals surface area (Å²) < 4.78 is 11.3. The van der Waals surface area contributed by atoms with Crippen LogP contribution in [0.4, 0.5) is 17.1 Å². The van der Waals surface area contributed by atoms with Crippen molar-refractivity contribution in [3.63, 3.8) is 0 Å². The molecule has 13 nitrogen and oxygen atoms in total. The Hall–Kier alpha value is -6.11. The van der Waals surface area contributed by atoms with Gasteiger partial charge in [-0.15, -0.1) is 0 Å². The fourth-order valence-corrected chi connectivity index (χ4v) is 3.92. The average molecular weight is 584 g/mol. The second kappa shape index (κ2) is 14.0. The zero-order chi connectivity index (χ0) is 30.8. The molecule has 4 rings (SSSR count). The number of nitrogens with one attached hydrogen (secondary N) is 2. The number of hydrogen-bond acceptors (Lipinski definition) is 9. The van der Waals surface area contributed by atoms with E-state index in [1.165, 1.54) is 12.3 Å². The van der Waals surface area contributed by atoms with E-state index in [1.807, 2.05) is 30.3 Å². The van der Waals surface area contributed by atoms with Gasteiger partial charge in [-0.1, -0.05) is 42.5 Å². The lowest BCUT2D eigenvalue weighted by Crippen LogP contribution is -2.22. The Morgan fingerprint density at radius 3 is 2.30 bits per heavy atom. The van der Waals surface area contributed by atoms with Gasteiger partial charge in [0.05, 0.1) is 46.4 Å². The molecule has 218 valence electrons. The maximum atomic E-state index is 12.9. The quantitative estimate of drug-likeness (QED) is 0.122. The second-order valence-electron chi connectivity index (χ2n) is 8.86. The molecular weight excluding hydrogens is 558 g/mol. The molecule has 13 heteroatoms. The number of hydrogen-bond donors (Lipinski definition) is 2. The average Bonchev–Trinajstić information content (AvgIpc) is 2.99. The molecule has 0 aromatic heterocycles. The molecule has 2 amide bonds. The molecule has 0 atom stereocenters. The number of amides is 2. The van der Waals surface area contributed by atoms with Crippen molar-refractivity contribution in [3.05, 3.63) is 128 Å². The molecule has 0 bridgehead atoms. The highest BCUT2D eigenvalue weighted by Gasteiger charge is 2.22. The number of non-ortho nitro benzene ring substituents is 1. The first-order valence-electron chi connectivity index (χ1n) is 12.9. The van der Waals surface area contributed by atoms with E-state index in [-0.39, 0.29) is 41.7 Å². The highest BCUT2D eigenvalue weighted by Crippen LogP contribution is 2.38. The Labute approximate surface area is 245 Å². The predicted molar refractivity (Wildman–Crippen MR) is 158 cm³/mol. The van der Waals surface area contributed by atoms with Crippen molar-refractivity contribution in [2.75, 3.05) is 11.9 Å². The molecule has 0 heterocycles. The number of ether oxygens (including phenoxy) is 2. The number of carbonyl (C=O) groups excluding carboxylic acids is 2. The van der Waals surface area contributed by atoms with E-state index in [2.05, 4.69) is 15.8 Å². The molecular formula is C30H25N5O8. The van der Waals surface area contributed by atoms with E-state index < -0.39 is 27.1 Å². The topological polar surface area (TPSA) is 175 Å². The second-order valence-corrected chi connectivity index (χ2v) is 8.86. The number of nitrogens with zero attached hydrogens (tertiary/aromatic N) is 3. The van der Waals surface area contributed by atoms with Crippen molar-refractivity contribution in [2.24, 2.45) is 5.10 Å². The summed E-state index contributed by atoms with van der Waals surface area (Å²) in [6, 6.07) is 23.4. The number of anilines is 1. The first-order valence-corrected chi connectivity index (χ1v) is 12.9. The fourth-order valence-electron chi connectivity index (χ4n) is 3.92. The molecule has 0 aliphatic carbocycles. The van der Waals surface area contributed by atoms with Crippen LogP contribution >= 0.6 is 0 Å². The highest BCUT2D eigenvalue weighted by atomic mass is 16.6.